The number of ketones is 1. The first-order valence-electron chi connectivity index (χ1n) is 7.55. The van der Waals surface area contributed by atoms with Gasteiger partial charge in [-0.05, 0) is 48.8 Å². The van der Waals surface area contributed by atoms with E-state index in [0.717, 1.165) is 29.7 Å². The fourth-order valence-electron chi connectivity index (χ4n) is 4.00. The summed E-state index contributed by atoms with van der Waals surface area (Å²) in [6.45, 7) is 8.62. The number of carbonyl (C=O) groups excluding carboxylic acids is 1. The number of nitrogens with one attached hydrogen (secondary N) is 1. The molecule has 0 unspecified atom stereocenters. The van der Waals surface area contributed by atoms with Gasteiger partial charge in [0.25, 0.3) is 0 Å². The number of halogens is 1. The molecule has 2 atom stereocenters. The first-order chi connectivity index (χ1) is 9.77. The van der Waals surface area contributed by atoms with Gasteiger partial charge in [-0.25, -0.2) is 0 Å². The number of Topliss-reactive ketones (excluding diaryl/α,β-unsaturated/α-hetero) is 1. The number of carbonyl (C=O) groups is 1. The molecule has 2 bridgehead atoms. The minimum absolute atomic E-state index is 0.0565. The van der Waals surface area contributed by atoms with Crippen molar-refractivity contribution in [2.45, 2.75) is 40.5 Å². The molecule has 0 aromatic heterocycles. The highest BCUT2D eigenvalue weighted by molar-refractivity contribution is 6.30. The second-order valence-corrected chi connectivity index (χ2v) is 7.61. The van der Waals surface area contributed by atoms with Crippen LogP contribution in [0.3, 0.4) is 0 Å². The van der Waals surface area contributed by atoms with Gasteiger partial charge in [-0.1, -0.05) is 38.4 Å². The van der Waals surface area contributed by atoms with Gasteiger partial charge in [0.2, 0.25) is 0 Å². The van der Waals surface area contributed by atoms with E-state index in [2.05, 4.69) is 26.1 Å². The second-order valence-electron chi connectivity index (χ2n) is 7.18. The lowest BCUT2D eigenvalue weighted by atomic mass is 9.70. The molecule has 2 aliphatic carbocycles. The van der Waals surface area contributed by atoms with Crippen molar-refractivity contribution >= 4 is 23.1 Å². The van der Waals surface area contributed by atoms with Crippen molar-refractivity contribution in [1.29, 1.82) is 0 Å². The maximum absolute atomic E-state index is 12.7. The van der Waals surface area contributed by atoms with E-state index in [1.54, 1.807) is 0 Å². The molecule has 2 fully saturated rings. The molecule has 0 spiro atoms. The third kappa shape index (κ3) is 1.96. The van der Waals surface area contributed by atoms with Crippen molar-refractivity contribution in [3.63, 3.8) is 0 Å². The SMILES string of the molecule is Cc1ccc(Cl)cc1N/C=C1/C(=O)[C@]2(C)CC[C@H]1C2(C)C. The Morgan fingerprint density at radius 1 is 1.33 bits per heavy atom. The molecule has 3 heteroatoms. The van der Waals surface area contributed by atoms with E-state index in [0.29, 0.717) is 16.7 Å². The maximum Gasteiger partial charge on any atom is 0.167 e. The zero-order valence-corrected chi connectivity index (χ0v) is 13.8. The molecule has 2 saturated carbocycles. The summed E-state index contributed by atoms with van der Waals surface area (Å²) < 4.78 is 0. The third-order valence-corrected chi connectivity index (χ3v) is 6.18. The predicted octanol–water partition coefficient (Wildman–Crippen LogP) is 4.97. The van der Waals surface area contributed by atoms with Crippen LogP contribution in [0.15, 0.2) is 30.0 Å². The Morgan fingerprint density at radius 2 is 2.05 bits per heavy atom. The summed E-state index contributed by atoms with van der Waals surface area (Å²) in [5.74, 6) is 0.679. The number of hydrogen-bond acceptors (Lipinski definition) is 2. The van der Waals surface area contributed by atoms with Crippen LogP contribution in [0.1, 0.15) is 39.2 Å². The number of rotatable bonds is 2. The monoisotopic (exact) mass is 303 g/mol. The van der Waals surface area contributed by atoms with Gasteiger partial charge in [0.15, 0.2) is 5.78 Å². The number of hydrogen-bond donors (Lipinski definition) is 1. The Morgan fingerprint density at radius 3 is 2.67 bits per heavy atom. The summed E-state index contributed by atoms with van der Waals surface area (Å²) in [4.78, 5) is 12.7. The topological polar surface area (TPSA) is 29.1 Å². The number of anilines is 1. The lowest BCUT2D eigenvalue weighted by molar-refractivity contribution is -0.125. The van der Waals surface area contributed by atoms with Crippen molar-refractivity contribution in [2.75, 3.05) is 5.32 Å². The highest BCUT2D eigenvalue weighted by Crippen LogP contribution is 2.65. The summed E-state index contributed by atoms with van der Waals surface area (Å²) in [5.41, 5.74) is 2.90. The minimum atomic E-state index is -0.200. The van der Waals surface area contributed by atoms with Crippen molar-refractivity contribution in [1.82, 2.24) is 0 Å². The molecule has 21 heavy (non-hydrogen) atoms. The van der Waals surface area contributed by atoms with E-state index >= 15 is 0 Å². The average molecular weight is 304 g/mol. The lowest BCUT2D eigenvalue weighted by Crippen LogP contribution is -2.32. The maximum atomic E-state index is 12.7. The Bertz CT molecular complexity index is 647. The highest BCUT2D eigenvalue weighted by Gasteiger charge is 2.63. The molecule has 112 valence electrons. The minimum Gasteiger partial charge on any atom is -0.361 e. The predicted molar refractivity (Wildman–Crippen MR) is 87.5 cm³/mol. The fourth-order valence-corrected chi connectivity index (χ4v) is 4.17. The summed E-state index contributed by atoms with van der Waals surface area (Å²) in [6.07, 6.45) is 4.03. The Labute approximate surface area is 131 Å². The van der Waals surface area contributed by atoms with Crippen molar-refractivity contribution in [3.05, 3.63) is 40.6 Å². The summed E-state index contributed by atoms with van der Waals surface area (Å²) in [7, 11) is 0. The highest BCUT2D eigenvalue weighted by atomic mass is 35.5. The Balaban J connectivity index is 1.92. The van der Waals surface area contributed by atoms with Crippen LogP contribution >= 0.6 is 11.6 Å². The van der Waals surface area contributed by atoms with E-state index in [-0.39, 0.29) is 10.8 Å². The van der Waals surface area contributed by atoms with Crippen molar-refractivity contribution in [2.24, 2.45) is 16.7 Å². The van der Waals surface area contributed by atoms with Gasteiger partial charge < -0.3 is 5.32 Å². The standard InChI is InChI=1S/C18H22ClNO/c1-11-5-6-12(19)9-15(11)20-10-13-14-7-8-18(4,16(13)21)17(14,2)3/h5-6,9-10,14,20H,7-8H2,1-4H3/b13-10+/t14-,18+/m1/s1. The number of benzene rings is 1. The number of allylic oxidation sites excluding steroid dienone is 1. The zero-order chi connectivity index (χ0) is 15.4. The van der Waals surface area contributed by atoms with Gasteiger partial charge in [-0.3, -0.25) is 4.79 Å². The van der Waals surface area contributed by atoms with E-state index in [1.807, 2.05) is 31.3 Å². The average Bonchev–Trinajstić information content (AvgIpc) is 2.73. The van der Waals surface area contributed by atoms with Gasteiger partial charge in [0.1, 0.15) is 0 Å². The van der Waals surface area contributed by atoms with Crippen LogP contribution < -0.4 is 5.32 Å². The normalized spacial score (nSPS) is 32.0. The molecule has 0 saturated heterocycles. The molecule has 0 heterocycles. The van der Waals surface area contributed by atoms with Gasteiger partial charge >= 0.3 is 0 Å². The Kier molecular flexibility index (Phi) is 3.21. The molecule has 0 aliphatic heterocycles. The van der Waals surface area contributed by atoms with Gasteiger partial charge in [-0.15, -0.1) is 0 Å². The Hall–Kier alpha value is -1.28. The first-order valence-corrected chi connectivity index (χ1v) is 7.93. The van der Waals surface area contributed by atoms with Crippen LogP contribution in [0.25, 0.3) is 0 Å². The largest absolute Gasteiger partial charge is 0.361 e. The lowest BCUT2D eigenvalue weighted by Gasteiger charge is -2.31. The van der Waals surface area contributed by atoms with Crippen molar-refractivity contribution in [3.8, 4) is 0 Å². The van der Waals surface area contributed by atoms with Crippen molar-refractivity contribution < 1.29 is 4.79 Å². The number of fused-ring (bicyclic) bond motifs is 2. The smallest absolute Gasteiger partial charge is 0.167 e. The summed E-state index contributed by atoms with van der Waals surface area (Å²) in [6, 6.07) is 5.76. The van der Waals surface area contributed by atoms with E-state index in [1.165, 1.54) is 0 Å². The fraction of sp³-hybridized carbons (Fsp3) is 0.500. The van der Waals surface area contributed by atoms with Crippen LogP contribution in [0.4, 0.5) is 5.69 Å². The summed E-state index contributed by atoms with van der Waals surface area (Å²) in [5, 5.41) is 4.00. The van der Waals surface area contributed by atoms with Gasteiger partial charge in [-0.2, -0.15) is 0 Å². The summed E-state index contributed by atoms with van der Waals surface area (Å²) >= 11 is 6.04. The second kappa shape index (κ2) is 4.61. The molecular weight excluding hydrogens is 282 g/mol. The van der Waals surface area contributed by atoms with E-state index in [4.69, 9.17) is 11.6 Å². The van der Waals surface area contributed by atoms with Crippen LogP contribution in [0, 0.1) is 23.7 Å². The zero-order valence-electron chi connectivity index (χ0n) is 13.1. The number of aryl methyl sites for hydroxylation is 1. The van der Waals surface area contributed by atoms with Crippen LogP contribution in [-0.4, -0.2) is 5.78 Å². The van der Waals surface area contributed by atoms with Crippen LogP contribution in [-0.2, 0) is 4.79 Å². The molecule has 3 rings (SSSR count). The molecule has 2 aliphatic rings. The molecule has 1 N–H and O–H groups in total. The van der Waals surface area contributed by atoms with Gasteiger partial charge in [0, 0.05) is 27.9 Å². The molecule has 0 radical (unpaired) electrons. The quantitative estimate of drug-likeness (QED) is 0.782. The van der Waals surface area contributed by atoms with Crippen LogP contribution in [0.5, 0.6) is 0 Å². The van der Waals surface area contributed by atoms with E-state index in [9.17, 15) is 4.79 Å². The molecule has 0 amide bonds. The van der Waals surface area contributed by atoms with E-state index < -0.39 is 0 Å². The van der Waals surface area contributed by atoms with Crippen LogP contribution in [0.2, 0.25) is 5.02 Å². The third-order valence-electron chi connectivity index (χ3n) is 5.95. The molecule has 1 aromatic rings. The van der Waals surface area contributed by atoms with Gasteiger partial charge in [0.05, 0.1) is 0 Å². The molecule has 1 aromatic carbocycles. The molecule has 2 nitrogen and oxygen atoms in total. The first kappa shape index (κ1) is 14.6. The molecular formula is C18H22ClNO.